The van der Waals surface area contributed by atoms with Gasteiger partial charge < -0.3 is 11.1 Å². The van der Waals surface area contributed by atoms with Crippen LogP contribution in [0.5, 0.6) is 0 Å². The molecule has 2 aromatic rings. The van der Waals surface area contributed by atoms with Crippen molar-refractivity contribution in [3.05, 3.63) is 29.3 Å². The van der Waals surface area contributed by atoms with Gasteiger partial charge in [-0.25, -0.2) is 4.98 Å². The smallest absolute Gasteiger partial charge is 0.225 e. The Bertz CT molecular complexity index is 691. The maximum absolute atomic E-state index is 12.0. The van der Waals surface area contributed by atoms with Crippen LogP contribution in [0, 0.1) is 5.41 Å². The van der Waals surface area contributed by atoms with Gasteiger partial charge in [0.2, 0.25) is 5.91 Å². The number of aromatic nitrogens is 1. The molecule has 5 nitrogen and oxygen atoms in total. The highest BCUT2D eigenvalue weighted by molar-refractivity contribution is 7.19. The first-order valence-electron chi connectivity index (χ1n) is 10.9. The Morgan fingerprint density at radius 2 is 1.86 bits per heavy atom. The van der Waals surface area contributed by atoms with Gasteiger partial charge in [0.1, 0.15) is 0 Å². The lowest BCUT2D eigenvalue weighted by Gasteiger charge is -2.32. The van der Waals surface area contributed by atoms with Gasteiger partial charge in [-0.3, -0.25) is 9.59 Å². The number of hydrogen-bond donors (Lipinski definition) is 2. The van der Waals surface area contributed by atoms with E-state index in [4.69, 9.17) is 5.73 Å². The van der Waals surface area contributed by atoms with Crippen molar-refractivity contribution in [2.45, 2.75) is 72.1 Å². The third-order valence-electron chi connectivity index (χ3n) is 5.08. The summed E-state index contributed by atoms with van der Waals surface area (Å²) < 4.78 is 1.06. The van der Waals surface area contributed by atoms with Crippen molar-refractivity contribution in [3.8, 4) is 0 Å². The number of para-hydroxylation sites is 1. The minimum Gasteiger partial charge on any atom is -0.356 e. The predicted octanol–water partition coefficient (Wildman–Crippen LogP) is 5.34. The quantitative estimate of drug-likeness (QED) is 0.469. The van der Waals surface area contributed by atoms with Crippen LogP contribution in [0.25, 0.3) is 10.2 Å². The molecule has 0 radical (unpaired) electrons. The van der Waals surface area contributed by atoms with Crippen LogP contribution >= 0.6 is 11.3 Å². The van der Waals surface area contributed by atoms with E-state index in [1.165, 1.54) is 30.6 Å². The molecule has 1 heterocycles. The van der Waals surface area contributed by atoms with Crippen molar-refractivity contribution in [2.24, 2.45) is 11.1 Å². The molecular formula is C23H37N3O2S. The lowest BCUT2D eigenvalue weighted by Crippen LogP contribution is -2.40. The maximum atomic E-state index is 12.0. The summed E-state index contributed by atoms with van der Waals surface area (Å²) in [4.78, 5) is 26.4. The molecule has 6 heteroatoms. The summed E-state index contributed by atoms with van der Waals surface area (Å²) in [6.07, 6.45) is 9.83. The Hall–Kier alpha value is -1.79. The largest absolute Gasteiger partial charge is 0.356 e. The first kappa shape index (κ1) is 25.2. The molecule has 0 unspecified atom stereocenters. The number of carbonyl (C=O) groups is 2. The van der Waals surface area contributed by atoms with E-state index in [2.05, 4.69) is 17.2 Å². The van der Waals surface area contributed by atoms with Crippen LogP contribution < -0.4 is 11.1 Å². The summed E-state index contributed by atoms with van der Waals surface area (Å²) in [5, 5.41) is 3.62. The summed E-state index contributed by atoms with van der Waals surface area (Å²) >= 11 is 1.42. The second-order valence-electron chi connectivity index (χ2n) is 7.36. The van der Waals surface area contributed by atoms with Crippen molar-refractivity contribution in [3.63, 3.8) is 0 Å². The van der Waals surface area contributed by atoms with E-state index in [1.807, 2.05) is 38.1 Å². The molecule has 29 heavy (non-hydrogen) atoms. The fraction of sp³-hybridized carbons (Fsp3) is 0.609. The van der Waals surface area contributed by atoms with Crippen LogP contribution in [-0.4, -0.2) is 30.3 Å². The van der Waals surface area contributed by atoms with Crippen LogP contribution in [0.4, 0.5) is 0 Å². The second kappa shape index (κ2) is 14.2. The first-order chi connectivity index (χ1) is 14.1. The Morgan fingerprint density at radius 1 is 1.17 bits per heavy atom. The van der Waals surface area contributed by atoms with Gasteiger partial charge in [0.05, 0.1) is 10.2 Å². The average Bonchev–Trinajstić information content (AvgIpc) is 3.19. The number of nitrogens with zero attached hydrogens (tertiary/aromatic N) is 1. The molecule has 1 saturated carbocycles. The molecule has 1 amide bonds. The van der Waals surface area contributed by atoms with Crippen LogP contribution in [0.1, 0.15) is 81.9 Å². The number of nitrogens with one attached hydrogen (secondary N) is 1. The molecule has 0 saturated heterocycles. The van der Waals surface area contributed by atoms with Gasteiger partial charge in [-0.15, -0.1) is 11.3 Å². The molecule has 3 N–H and O–H groups in total. The van der Waals surface area contributed by atoms with Gasteiger partial charge in [-0.05, 0) is 44.4 Å². The lowest BCUT2D eigenvalue weighted by molar-refractivity contribution is -0.131. The average molecular weight is 420 g/mol. The van der Waals surface area contributed by atoms with E-state index >= 15 is 0 Å². The topological polar surface area (TPSA) is 85.1 Å². The Kier molecular flexibility index (Phi) is 12.4. The Balaban J connectivity index is 0.000000280. The van der Waals surface area contributed by atoms with Crippen LogP contribution in [0.15, 0.2) is 24.3 Å². The van der Waals surface area contributed by atoms with Gasteiger partial charge in [0.15, 0.2) is 11.3 Å². The minimum absolute atomic E-state index is 0.0912. The summed E-state index contributed by atoms with van der Waals surface area (Å²) in [6, 6.07) is 7.71. The number of carbonyl (C=O) groups excluding carboxylic acids is 2. The van der Waals surface area contributed by atoms with Crippen LogP contribution in [0.2, 0.25) is 0 Å². The van der Waals surface area contributed by atoms with E-state index in [-0.39, 0.29) is 11.3 Å². The molecule has 1 fully saturated rings. The lowest BCUT2D eigenvalue weighted by atomic mass is 9.75. The summed E-state index contributed by atoms with van der Waals surface area (Å²) in [7, 11) is 0. The zero-order valence-corrected chi connectivity index (χ0v) is 19.0. The van der Waals surface area contributed by atoms with E-state index in [1.54, 1.807) is 0 Å². The van der Waals surface area contributed by atoms with E-state index in [9.17, 15) is 9.59 Å². The number of thiazole rings is 1. The number of benzene rings is 1. The highest BCUT2D eigenvalue weighted by Gasteiger charge is 2.33. The van der Waals surface area contributed by atoms with Crippen molar-refractivity contribution in [2.75, 3.05) is 13.1 Å². The normalized spacial score (nSPS) is 14.8. The van der Waals surface area contributed by atoms with E-state index in [0.717, 1.165) is 61.7 Å². The number of fused-ring (bicyclic) bond motifs is 1. The van der Waals surface area contributed by atoms with Crippen LogP contribution in [0.3, 0.4) is 0 Å². The molecular weight excluding hydrogens is 382 g/mol. The molecule has 1 aromatic heterocycles. The zero-order valence-electron chi connectivity index (χ0n) is 18.2. The van der Waals surface area contributed by atoms with E-state index in [0.29, 0.717) is 5.01 Å². The Morgan fingerprint density at radius 3 is 2.48 bits per heavy atom. The molecule has 1 aliphatic rings. The third-order valence-corrected chi connectivity index (χ3v) is 6.04. The van der Waals surface area contributed by atoms with Gasteiger partial charge in [0, 0.05) is 12.0 Å². The fourth-order valence-corrected chi connectivity index (χ4v) is 4.14. The highest BCUT2D eigenvalue weighted by atomic mass is 32.1. The minimum atomic E-state index is -0.0912. The number of unbranched alkanes of at least 4 members (excludes halogenated alkanes) is 2. The Labute approximate surface area is 179 Å². The number of nitrogens with two attached hydrogens (primary N) is 1. The fourth-order valence-electron chi connectivity index (χ4n) is 3.36. The molecule has 0 aliphatic heterocycles. The van der Waals surface area contributed by atoms with Crippen molar-refractivity contribution >= 4 is 33.7 Å². The molecule has 162 valence electrons. The zero-order chi connectivity index (χ0) is 21.5. The summed E-state index contributed by atoms with van der Waals surface area (Å²) in [5.41, 5.74) is 6.23. The SMILES string of the molecule is CC.CC1(C(=O)NCCCCCN)CCCCC1.O=Cc1nc2ccccc2s1. The monoisotopic (exact) mass is 419 g/mol. The van der Waals surface area contributed by atoms with Gasteiger partial charge in [-0.2, -0.15) is 0 Å². The van der Waals surface area contributed by atoms with E-state index < -0.39 is 0 Å². The van der Waals surface area contributed by atoms with Gasteiger partial charge in [0.25, 0.3) is 0 Å². The number of amides is 1. The van der Waals surface area contributed by atoms with Crippen LogP contribution in [-0.2, 0) is 4.79 Å². The van der Waals surface area contributed by atoms with Crippen molar-refractivity contribution in [1.82, 2.24) is 10.3 Å². The highest BCUT2D eigenvalue weighted by Crippen LogP contribution is 2.35. The second-order valence-corrected chi connectivity index (χ2v) is 8.43. The van der Waals surface area contributed by atoms with Crippen molar-refractivity contribution in [1.29, 1.82) is 0 Å². The number of hydrogen-bond acceptors (Lipinski definition) is 5. The molecule has 0 spiro atoms. The number of aldehydes is 1. The van der Waals surface area contributed by atoms with Gasteiger partial charge >= 0.3 is 0 Å². The van der Waals surface area contributed by atoms with Gasteiger partial charge in [-0.1, -0.05) is 58.6 Å². The molecule has 3 rings (SSSR count). The summed E-state index contributed by atoms with van der Waals surface area (Å²) in [5.74, 6) is 0.264. The molecule has 1 aliphatic carbocycles. The first-order valence-corrected chi connectivity index (χ1v) is 11.7. The standard InChI is InChI=1S/C13H26N2O.C8H5NOS.C2H6/c1-13(8-4-2-5-9-13)12(16)15-11-7-3-6-10-14;10-5-8-9-6-3-1-2-4-7(6)11-8;1-2/h2-11,14H2,1H3,(H,15,16);1-5H;1-2H3. The molecule has 0 bridgehead atoms. The maximum Gasteiger partial charge on any atom is 0.225 e. The molecule has 0 atom stereocenters. The third kappa shape index (κ3) is 8.62. The number of rotatable bonds is 7. The van der Waals surface area contributed by atoms with Crippen molar-refractivity contribution < 1.29 is 9.59 Å². The summed E-state index contributed by atoms with van der Waals surface area (Å²) in [6.45, 7) is 7.68. The molecule has 1 aromatic carbocycles. The predicted molar refractivity (Wildman–Crippen MR) is 123 cm³/mol.